The highest BCUT2D eigenvalue weighted by atomic mass is 19.1. The first kappa shape index (κ1) is 19.4. The molecular formula is C15H20FN5O6. The maximum Gasteiger partial charge on any atom is 0.413 e. The fourth-order valence-electron chi connectivity index (χ4n) is 2.67. The average molecular weight is 385 g/mol. The van der Waals surface area contributed by atoms with Crippen molar-refractivity contribution in [2.24, 2.45) is 0 Å². The van der Waals surface area contributed by atoms with Crippen LogP contribution in [0.1, 0.15) is 27.0 Å². The van der Waals surface area contributed by atoms with Crippen LogP contribution in [0.25, 0.3) is 11.2 Å². The smallest absolute Gasteiger partial charge is 0.413 e. The van der Waals surface area contributed by atoms with Crippen LogP contribution in [0.3, 0.4) is 0 Å². The number of halogens is 1. The average Bonchev–Trinajstić information content (AvgIpc) is 3.08. The molecular weight excluding hydrogens is 365 g/mol. The van der Waals surface area contributed by atoms with Crippen molar-refractivity contribution in [2.45, 2.75) is 50.9 Å². The second-order valence-electron chi connectivity index (χ2n) is 7.02. The number of ether oxygens (including phenoxy) is 2. The fraction of sp³-hybridized carbons (Fsp3) is 0.600. The number of carbonyl (C=O) groups is 1. The Morgan fingerprint density at radius 1 is 1.37 bits per heavy atom. The molecule has 0 saturated carbocycles. The number of hydrogen-bond acceptors (Lipinski definition) is 9. The van der Waals surface area contributed by atoms with Crippen LogP contribution in [-0.4, -0.2) is 71.5 Å². The molecule has 0 radical (unpaired) electrons. The van der Waals surface area contributed by atoms with Crippen LogP contribution in [0, 0.1) is 6.08 Å². The van der Waals surface area contributed by atoms with E-state index < -0.39 is 48.9 Å². The Hall–Kier alpha value is -2.41. The number of amides is 1. The Balaban J connectivity index is 1.95. The normalized spacial score (nSPS) is 25.7. The van der Waals surface area contributed by atoms with E-state index in [4.69, 9.17) is 9.47 Å². The molecule has 0 bridgehead atoms. The van der Waals surface area contributed by atoms with Gasteiger partial charge >= 0.3 is 12.2 Å². The summed E-state index contributed by atoms with van der Waals surface area (Å²) < 4.78 is 25.6. The van der Waals surface area contributed by atoms with Crippen LogP contribution >= 0.6 is 0 Å². The summed E-state index contributed by atoms with van der Waals surface area (Å²) in [6.07, 6.45) is -5.74. The quantitative estimate of drug-likeness (QED) is 0.532. The molecule has 12 heteroatoms. The molecule has 0 aromatic carbocycles. The fourth-order valence-corrected chi connectivity index (χ4v) is 2.67. The van der Waals surface area contributed by atoms with Crippen LogP contribution in [0.15, 0.2) is 6.33 Å². The number of anilines is 1. The lowest BCUT2D eigenvalue weighted by Gasteiger charge is -2.19. The molecule has 1 saturated heterocycles. The second kappa shape index (κ2) is 6.96. The Kier molecular flexibility index (Phi) is 4.99. The van der Waals surface area contributed by atoms with Crippen molar-refractivity contribution in [3.63, 3.8) is 0 Å². The molecule has 4 N–H and O–H groups in total. The first-order chi connectivity index (χ1) is 12.6. The number of aliphatic hydroxyl groups excluding tert-OH is 3. The topological polar surface area (TPSA) is 152 Å². The molecule has 1 fully saturated rings. The van der Waals surface area contributed by atoms with E-state index in [-0.39, 0.29) is 17.0 Å². The summed E-state index contributed by atoms with van der Waals surface area (Å²) in [5, 5.41) is 31.5. The molecule has 3 rings (SSSR count). The molecule has 1 aliphatic rings. The molecule has 0 aliphatic carbocycles. The van der Waals surface area contributed by atoms with E-state index in [1.807, 2.05) is 0 Å². The highest BCUT2D eigenvalue weighted by Crippen LogP contribution is 2.32. The van der Waals surface area contributed by atoms with Crippen molar-refractivity contribution in [3.8, 4) is 0 Å². The SMILES string of the molecule is CC(C)(C)OC(=O)Nc1nc(F)nc2c1ncn2[C@@H]1O[C@H](CO)C(O)[C@H]1O. The van der Waals surface area contributed by atoms with Gasteiger partial charge in [0.15, 0.2) is 23.2 Å². The minimum Gasteiger partial charge on any atom is -0.444 e. The predicted octanol–water partition coefficient (Wildman–Crippen LogP) is -0.0761. The molecule has 27 heavy (non-hydrogen) atoms. The van der Waals surface area contributed by atoms with Gasteiger partial charge in [-0.3, -0.25) is 9.88 Å². The largest absolute Gasteiger partial charge is 0.444 e. The number of carbonyl (C=O) groups excluding carboxylic acids is 1. The summed E-state index contributed by atoms with van der Waals surface area (Å²) in [7, 11) is 0. The third-order valence-corrected chi connectivity index (χ3v) is 3.80. The Bertz CT molecular complexity index is 853. The molecule has 2 aromatic heterocycles. The van der Waals surface area contributed by atoms with Crippen LogP contribution in [-0.2, 0) is 9.47 Å². The zero-order valence-electron chi connectivity index (χ0n) is 14.8. The van der Waals surface area contributed by atoms with Crippen molar-refractivity contribution in [3.05, 3.63) is 12.4 Å². The first-order valence-electron chi connectivity index (χ1n) is 8.13. The van der Waals surface area contributed by atoms with Crippen molar-refractivity contribution in [1.29, 1.82) is 0 Å². The number of rotatable bonds is 3. The van der Waals surface area contributed by atoms with Gasteiger partial charge in [0.25, 0.3) is 0 Å². The lowest BCUT2D eigenvalue weighted by atomic mass is 10.1. The Morgan fingerprint density at radius 2 is 2.07 bits per heavy atom. The van der Waals surface area contributed by atoms with Crippen LogP contribution in [0.5, 0.6) is 0 Å². The van der Waals surface area contributed by atoms with E-state index in [0.717, 1.165) is 0 Å². The number of fused-ring (bicyclic) bond motifs is 1. The number of aliphatic hydroxyl groups is 3. The molecule has 148 valence electrons. The molecule has 1 aliphatic heterocycles. The molecule has 2 aromatic rings. The van der Waals surface area contributed by atoms with Crippen molar-refractivity contribution >= 4 is 23.1 Å². The van der Waals surface area contributed by atoms with Crippen molar-refractivity contribution in [1.82, 2.24) is 19.5 Å². The van der Waals surface area contributed by atoms with Gasteiger partial charge < -0.3 is 24.8 Å². The van der Waals surface area contributed by atoms with Gasteiger partial charge in [-0.2, -0.15) is 14.4 Å². The monoisotopic (exact) mass is 385 g/mol. The van der Waals surface area contributed by atoms with Gasteiger partial charge in [-0.05, 0) is 20.8 Å². The molecule has 4 atom stereocenters. The first-order valence-corrected chi connectivity index (χ1v) is 8.13. The van der Waals surface area contributed by atoms with E-state index in [1.165, 1.54) is 10.9 Å². The molecule has 11 nitrogen and oxygen atoms in total. The summed E-state index contributed by atoms with van der Waals surface area (Å²) in [5.74, 6) is -0.225. The highest BCUT2D eigenvalue weighted by Gasteiger charge is 2.44. The summed E-state index contributed by atoms with van der Waals surface area (Å²) in [6, 6.07) is 0. The van der Waals surface area contributed by atoms with E-state index in [2.05, 4.69) is 20.3 Å². The van der Waals surface area contributed by atoms with Gasteiger partial charge in [0.2, 0.25) is 0 Å². The highest BCUT2D eigenvalue weighted by molar-refractivity contribution is 5.93. The van der Waals surface area contributed by atoms with Crippen LogP contribution in [0.2, 0.25) is 0 Å². The van der Waals surface area contributed by atoms with Gasteiger partial charge in [0.05, 0.1) is 12.9 Å². The maximum absolute atomic E-state index is 13.9. The molecule has 0 spiro atoms. The number of hydrogen-bond donors (Lipinski definition) is 4. The Labute approximate surface area is 152 Å². The van der Waals surface area contributed by atoms with Gasteiger partial charge in [0, 0.05) is 0 Å². The summed E-state index contributed by atoms with van der Waals surface area (Å²) >= 11 is 0. The molecule has 1 amide bonds. The summed E-state index contributed by atoms with van der Waals surface area (Å²) in [4.78, 5) is 23.1. The van der Waals surface area contributed by atoms with Gasteiger partial charge in [-0.15, -0.1) is 0 Å². The van der Waals surface area contributed by atoms with E-state index in [1.54, 1.807) is 20.8 Å². The lowest BCUT2D eigenvalue weighted by molar-refractivity contribution is -0.0511. The Morgan fingerprint density at radius 3 is 2.67 bits per heavy atom. The third kappa shape index (κ3) is 3.83. The predicted molar refractivity (Wildman–Crippen MR) is 88.1 cm³/mol. The van der Waals surface area contributed by atoms with E-state index in [9.17, 15) is 24.5 Å². The van der Waals surface area contributed by atoms with Crippen molar-refractivity contribution in [2.75, 3.05) is 11.9 Å². The number of nitrogens with zero attached hydrogens (tertiary/aromatic N) is 4. The van der Waals surface area contributed by atoms with E-state index >= 15 is 0 Å². The standard InChI is InChI=1S/C15H20FN5O6/c1-15(2,3)27-14(25)19-10-7-11(20-13(16)18-10)21(5-17-7)12-9(24)8(23)6(4-22)26-12/h5-6,8-9,12,22-24H,4H2,1-3H3,(H,18,19,20,25)/t6-,8?,9-,12-/m1/s1. The molecule has 3 heterocycles. The zero-order valence-corrected chi connectivity index (χ0v) is 14.8. The minimum absolute atomic E-state index is 0.0278. The third-order valence-electron chi connectivity index (χ3n) is 3.80. The van der Waals surface area contributed by atoms with Gasteiger partial charge in [-0.1, -0.05) is 0 Å². The van der Waals surface area contributed by atoms with E-state index in [0.29, 0.717) is 0 Å². The summed E-state index contributed by atoms with van der Waals surface area (Å²) in [5.41, 5.74) is -0.825. The maximum atomic E-state index is 13.9. The van der Waals surface area contributed by atoms with Crippen LogP contribution in [0.4, 0.5) is 15.0 Å². The minimum atomic E-state index is -1.40. The lowest BCUT2D eigenvalue weighted by Crippen LogP contribution is -2.33. The molecule has 1 unspecified atom stereocenters. The number of aromatic nitrogens is 4. The second-order valence-corrected chi connectivity index (χ2v) is 7.02. The van der Waals surface area contributed by atoms with Gasteiger partial charge in [-0.25, -0.2) is 9.78 Å². The summed E-state index contributed by atoms with van der Waals surface area (Å²) in [6.45, 7) is 4.48. The van der Waals surface area contributed by atoms with Crippen molar-refractivity contribution < 1.29 is 34.0 Å². The zero-order chi connectivity index (χ0) is 19.9. The van der Waals surface area contributed by atoms with Crippen LogP contribution < -0.4 is 5.32 Å². The number of nitrogens with one attached hydrogen (secondary N) is 1. The van der Waals surface area contributed by atoms with Gasteiger partial charge in [0.1, 0.15) is 23.9 Å². The number of imidazole rings is 1.